The molecule has 1 unspecified atom stereocenters. The molecule has 1 aromatic carbocycles. The highest BCUT2D eigenvalue weighted by Gasteiger charge is 2.21. The summed E-state index contributed by atoms with van der Waals surface area (Å²) in [4.78, 5) is 27.2. The van der Waals surface area contributed by atoms with Crippen LogP contribution in [0.15, 0.2) is 30.3 Å². The van der Waals surface area contributed by atoms with Gasteiger partial charge in [-0.1, -0.05) is 18.2 Å². The number of carbonyl (C=O) groups excluding carboxylic acids is 2. The number of hydrogen-bond donors (Lipinski definition) is 3. The highest BCUT2D eigenvalue weighted by Crippen LogP contribution is 2.04. The Kier molecular flexibility index (Phi) is 11.4. The molecule has 8 heteroatoms. The summed E-state index contributed by atoms with van der Waals surface area (Å²) in [7, 11) is 0. The van der Waals surface area contributed by atoms with Crippen LogP contribution in [0.5, 0.6) is 0 Å². The molecular weight excluding hydrogens is 372 g/mol. The summed E-state index contributed by atoms with van der Waals surface area (Å²) in [6.07, 6.45) is 2.62. The molecule has 1 fully saturated rings. The number of nitrogens with zero attached hydrogens (tertiary/aromatic N) is 1. The number of benzene rings is 1. The molecule has 1 aromatic rings. The van der Waals surface area contributed by atoms with Gasteiger partial charge in [0.05, 0.1) is 0 Å². The van der Waals surface area contributed by atoms with Crippen molar-refractivity contribution in [3.05, 3.63) is 35.9 Å². The molecule has 0 saturated carbocycles. The lowest BCUT2D eigenvalue weighted by Gasteiger charge is -2.27. The third kappa shape index (κ3) is 7.95. The largest absolute Gasteiger partial charge is 0.353 e. The van der Waals surface area contributed by atoms with E-state index in [0.29, 0.717) is 18.5 Å². The van der Waals surface area contributed by atoms with Crippen molar-refractivity contribution in [3.63, 3.8) is 0 Å². The Morgan fingerprint density at radius 2 is 1.92 bits per heavy atom. The van der Waals surface area contributed by atoms with Crippen LogP contribution in [-0.2, 0) is 4.79 Å². The Morgan fingerprint density at radius 1 is 1.23 bits per heavy atom. The molecule has 6 nitrogen and oxygen atoms in total. The monoisotopic (exact) mass is 400 g/mol. The molecule has 1 heterocycles. The Morgan fingerprint density at radius 3 is 2.58 bits per heavy atom. The molecule has 0 bridgehead atoms. The van der Waals surface area contributed by atoms with E-state index in [-0.39, 0.29) is 24.2 Å². The zero-order chi connectivity index (χ0) is 17.9. The second-order valence-electron chi connectivity index (χ2n) is 6.06. The fourth-order valence-electron chi connectivity index (χ4n) is 2.73. The minimum atomic E-state index is -0.497. The van der Waals surface area contributed by atoms with Gasteiger partial charge in [0.15, 0.2) is 0 Å². The number of rotatable bonds is 9. The topological polar surface area (TPSA) is 73.5 Å². The molecule has 1 aliphatic heterocycles. The van der Waals surface area contributed by atoms with Crippen LogP contribution >= 0.6 is 24.2 Å². The minimum absolute atomic E-state index is 0. The van der Waals surface area contributed by atoms with Crippen LogP contribution < -0.4 is 16.0 Å². The van der Waals surface area contributed by atoms with Gasteiger partial charge in [-0.25, -0.2) is 0 Å². The number of halogens is 1. The van der Waals surface area contributed by atoms with Crippen LogP contribution in [0.4, 0.5) is 0 Å². The lowest BCUT2D eigenvalue weighted by molar-refractivity contribution is -0.123. The lowest BCUT2D eigenvalue weighted by atomic mass is 10.1. The van der Waals surface area contributed by atoms with E-state index < -0.39 is 6.04 Å². The molecule has 26 heavy (non-hydrogen) atoms. The van der Waals surface area contributed by atoms with E-state index in [9.17, 15) is 9.59 Å². The molecular formula is C18H29ClN4O2S. The molecule has 0 radical (unpaired) electrons. The number of amides is 2. The fourth-order valence-corrected chi connectivity index (χ4v) is 3.20. The molecule has 1 aliphatic rings. The van der Waals surface area contributed by atoms with Crippen LogP contribution in [0, 0.1) is 0 Å². The molecule has 0 aromatic heterocycles. The van der Waals surface area contributed by atoms with E-state index in [4.69, 9.17) is 0 Å². The molecule has 3 N–H and O–H groups in total. The SMILES string of the molecule is CSCCC(NC(=O)c1ccccc1)C(=O)NCCN1CCNCC1.Cl. The van der Waals surface area contributed by atoms with Gasteiger partial charge in [0.1, 0.15) is 6.04 Å². The van der Waals surface area contributed by atoms with E-state index in [1.165, 1.54) is 0 Å². The van der Waals surface area contributed by atoms with Gasteiger partial charge >= 0.3 is 0 Å². The predicted octanol–water partition coefficient (Wildman–Crippen LogP) is 0.981. The highest BCUT2D eigenvalue weighted by molar-refractivity contribution is 7.98. The summed E-state index contributed by atoms with van der Waals surface area (Å²) in [6, 6.07) is 8.51. The first-order valence-electron chi connectivity index (χ1n) is 8.76. The first kappa shape index (κ1) is 22.8. The van der Waals surface area contributed by atoms with Gasteiger partial charge in [0, 0.05) is 44.8 Å². The summed E-state index contributed by atoms with van der Waals surface area (Å²) in [6.45, 7) is 5.47. The number of nitrogens with one attached hydrogen (secondary N) is 3. The highest BCUT2D eigenvalue weighted by atomic mass is 35.5. The van der Waals surface area contributed by atoms with Crippen molar-refractivity contribution in [2.75, 3.05) is 51.3 Å². The van der Waals surface area contributed by atoms with Crippen molar-refractivity contribution in [1.82, 2.24) is 20.9 Å². The van der Waals surface area contributed by atoms with Gasteiger partial charge in [-0.3, -0.25) is 14.5 Å². The van der Waals surface area contributed by atoms with Crippen LogP contribution in [0.1, 0.15) is 16.8 Å². The molecule has 2 rings (SSSR count). The van der Waals surface area contributed by atoms with E-state index in [1.54, 1.807) is 23.9 Å². The maximum Gasteiger partial charge on any atom is 0.251 e. The lowest BCUT2D eigenvalue weighted by Crippen LogP contribution is -2.50. The van der Waals surface area contributed by atoms with Gasteiger partial charge in [-0.2, -0.15) is 11.8 Å². The predicted molar refractivity (Wildman–Crippen MR) is 110 cm³/mol. The third-order valence-electron chi connectivity index (χ3n) is 4.21. The fraction of sp³-hybridized carbons (Fsp3) is 0.556. The maximum atomic E-state index is 12.5. The normalized spacial score (nSPS) is 15.6. The van der Waals surface area contributed by atoms with Crippen molar-refractivity contribution in [3.8, 4) is 0 Å². The van der Waals surface area contributed by atoms with Crippen molar-refractivity contribution in [2.24, 2.45) is 0 Å². The standard InChI is InChI=1S/C18H28N4O2S.ClH/c1-25-14-7-16(21-17(23)15-5-3-2-4-6-15)18(24)20-10-13-22-11-8-19-9-12-22;/h2-6,16,19H,7-14H2,1H3,(H,20,24)(H,21,23);1H. The molecule has 2 amide bonds. The van der Waals surface area contributed by atoms with Gasteiger partial charge in [0.2, 0.25) is 5.91 Å². The van der Waals surface area contributed by atoms with E-state index >= 15 is 0 Å². The first-order chi connectivity index (χ1) is 12.2. The zero-order valence-electron chi connectivity index (χ0n) is 15.2. The first-order valence-corrected chi connectivity index (χ1v) is 10.2. The molecule has 1 saturated heterocycles. The summed E-state index contributed by atoms with van der Waals surface area (Å²) < 4.78 is 0. The Bertz CT molecular complexity index is 541. The smallest absolute Gasteiger partial charge is 0.251 e. The Labute approximate surface area is 166 Å². The Hall–Kier alpha value is -1.28. The number of hydrogen-bond acceptors (Lipinski definition) is 5. The maximum absolute atomic E-state index is 12.5. The van der Waals surface area contributed by atoms with Gasteiger partial charge in [-0.05, 0) is 30.6 Å². The average Bonchev–Trinajstić information content (AvgIpc) is 2.66. The van der Waals surface area contributed by atoms with Gasteiger partial charge in [0.25, 0.3) is 5.91 Å². The van der Waals surface area contributed by atoms with Crippen molar-refractivity contribution < 1.29 is 9.59 Å². The average molecular weight is 401 g/mol. The van der Waals surface area contributed by atoms with Crippen LogP contribution in [-0.4, -0.2) is 74.0 Å². The second kappa shape index (κ2) is 13.0. The van der Waals surface area contributed by atoms with Gasteiger partial charge in [-0.15, -0.1) is 12.4 Å². The van der Waals surface area contributed by atoms with Gasteiger partial charge < -0.3 is 16.0 Å². The van der Waals surface area contributed by atoms with Crippen LogP contribution in [0.3, 0.4) is 0 Å². The molecule has 0 aliphatic carbocycles. The Balaban J connectivity index is 0.00000338. The van der Waals surface area contributed by atoms with Crippen molar-refractivity contribution in [2.45, 2.75) is 12.5 Å². The van der Waals surface area contributed by atoms with E-state index in [2.05, 4.69) is 20.9 Å². The summed E-state index contributed by atoms with van der Waals surface area (Å²) in [5, 5.41) is 9.15. The van der Waals surface area contributed by atoms with E-state index in [0.717, 1.165) is 38.5 Å². The van der Waals surface area contributed by atoms with Crippen LogP contribution in [0.25, 0.3) is 0 Å². The third-order valence-corrected chi connectivity index (χ3v) is 4.85. The van der Waals surface area contributed by atoms with Crippen molar-refractivity contribution in [1.29, 1.82) is 0 Å². The zero-order valence-corrected chi connectivity index (χ0v) is 16.8. The molecule has 1 atom stereocenters. The minimum Gasteiger partial charge on any atom is -0.353 e. The summed E-state index contributed by atoms with van der Waals surface area (Å²) in [5.41, 5.74) is 0.574. The van der Waals surface area contributed by atoms with E-state index in [1.807, 2.05) is 24.5 Å². The molecule has 146 valence electrons. The summed E-state index contributed by atoms with van der Waals surface area (Å²) in [5.74, 6) is 0.516. The number of piperazine rings is 1. The number of carbonyl (C=O) groups is 2. The molecule has 0 spiro atoms. The summed E-state index contributed by atoms with van der Waals surface area (Å²) >= 11 is 1.67. The quantitative estimate of drug-likeness (QED) is 0.576. The van der Waals surface area contributed by atoms with Crippen molar-refractivity contribution >= 4 is 36.0 Å². The second-order valence-corrected chi connectivity index (χ2v) is 7.04. The van der Waals surface area contributed by atoms with Crippen LogP contribution in [0.2, 0.25) is 0 Å². The number of thioether (sulfide) groups is 1.